The first-order valence-electron chi connectivity index (χ1n) is 5.69. The second-order valence-corrected chi connectivity index (χ2v) is 5.76. The van der Waals surface area contributed by atoms with Crippen molar-refractivity contribution in [1.29, 1.82) is 0 Å². The minimum atomic E-state index is -0.630. The van der Waals surface area contributed by atoms with E-state index < -0.39 is 4.75 Å². The summed E-state index contributed by atoms with van der Waals surface area (Å²) in [6, 6.07) is 9.65. The Morgan fingerprint density at radius 2 is 1.94 bits per heavy atom. The molecule has 0 saturated carbocycles. The van der Waals surface area contributed by atoms with E-state index in [-0.39, 0.29) is 17.1 Å². The van der Waals surface area contributed by atoms with Crippen LogP contribution in [0.1, 0.15) is 25.8 Å². The van der Waals surface area contributed by atoms with Crippen LogP contribution in [0, 0.1) is 0 Å². The van der Waals surface area contributed by atoms with Crippen LogP contribution in [0.3, 0.4) is 0 Å². The molecule has 4 heteroatoms. The molecular formula is C13H15NO2S. The van der Waals surface area contributed by atoms with Gasteiger partial charge in [0.15, 0.2) is 0 Å². The fraction of sp³-hybridized carbons (Fsp3) is 0.385. The van der Waals surface area contributed by atoms with Gasteiger partial charge in [0.25, 0.3) is 0 Å². The van der Waals surface area contributed by atoms with E-state index in [0.29, 0.717) is 6.42 Å². The molecule has 1 heterocycles. The Morgan fingerprint density at radius 3 is 2.53 bits per heavy atom. The lowest BCUT2D eigenvalue weighted by Gasteiger charge is -2.37. The topological polar surface area (TPSA) is 46.2 Å². The van der Waals surface area contributed by atoms with Crippen LogP contribution in [0.5, 0.6) is 0 Å². The summed E-state index contributed by atoms with van der Waals surface area (Å²) >= 11 is 1.44. The van der Waals surface area contributed by atoms with Crippen molar-refractivity contribution in [3.05, 3.63) is 35.9 Å². The number of nitrogens with one attached hydrogen (secondary N) is 1. The van der Waals surface area contributed by atoms with E-state index >= 15 is 0 Å². The Hall–Kier alpha value is -1.29. The number of imide groups is 1. The third-order valence-corrected chi connectivity index (χ3v) is 4.77. The summed E-state index contributed by atoms with van der Waals surface area (Å²) < 4.78 is -0.630. The molecule has 0 aromatic heterocycles. The monoisotopic (exact) mass is 249 g/mol. The van der Waals surface area contributed by atoms with Crippen LogP contribution in [0.2, 0.25) is 0 Å². The smallest absolute Gasteiger partial charge is 0.247 e. The lowest BCUT2D eigenvalue weighted by atomic mass is 9.94. The second-order valence-electron chi connectivity index (χ2n) is 4.13. The van der Waals surface area contributed by atoms with E-state index in [1.807, 2.05) is 44.2 Å². The molecule has 1 aromatic rings. The van der Waals surface area contributed by atoms with Gasteiger partial charge in [-0.05, 0) is 18.9 Å². The van der Waals surface area contributed by atoms with Gasteiger partial charge in [0.05, 0.1) is 5.25 Å². The number of amides is 2. The van der Waals surface area contributed by atoms with Gasteiger partial charge in [-0.15, -0.1) is 11.8 Å². The molecule has 2 atom stereocenters. The molecule has 1 aromatic carbocycles. The van der Waals surface area contributed by atoms with Gasteiger partial charge in [0.2, 0.25) is 11.8 Å². The third-order valence-electron chi connectivity index (χ3n) is 3.09. The zero-order valence-electron chi connectivity index (χ0n) is 9.90. The molecule has 0 spiro atoms. The van der Waals surface area contributed by atoms with Gasteiger partial charge >= 0.3 is 0 Å². The van der Waals surface area contributed by atoms with Gasteiger partial charge in [-0.1, -0.05) is 37.3 Å². The summed E-state index contributed by atoms with van der Waals surface area (Å²) in [7, 11) is 0. The van der Waals surface area contributed by atoms with Gasteiger partial charge in [0.1, 0.15) is 4.75 Å². The zero-order valence-corrected chi connectivity index (χ0v) is 10.7. The summed E-state index contributed by atoms with van der Waals surface area (Å²) in [6.07, 6.45) is 0.672. The van der Waals surface area contributed by atoms with Gasteiger partial charge < -0.3 is 0 Å². The molecule has 90 valence electrons. The lowest BCUT2D eigenvalue weighted by molar-refractivity contribution is -0.132. The summed E-state index contributed by atoms with van der Waals surface area (Å²) in [5.41, 5.74) is 0.962. The molecule has 1 aliphatic rings. The van der Waals surface area contributed by atoms with Crippen molar-refractivity contribution in [2.24, 2.45) is 0 Å². The Balaban J connectivity index is 2.44. The van der Waals surface area contributed by atoms with Gasteiger partial charge in [-0.25, -0.2) is 0 Å². The first-order chi connectivity index (χ1) is 8.10. The summed E-state index contributed by atoms with van der Waals surface area (Å²) in [4.78, 5) is 23.6. The second kappa shape index (κ2) is 4.53. The Labute approximate surface area is 105 Å². The average molecular weight is 249 g/mol. The van der Waals surface area contributed by atoms with Crippen molar-refractivity contribution >= 4 is 23.6 Å². The number of carbonyl (C=O) groups is 2. The molecule has 1 saturated heterocycles. The maximum Gasteiger partial charge on any atom is 0.247 e. The molecule has 3 nitrogen and oxygen atoms in total. The van der Waals surface area contributed by atoms with Crippen molar-refractivity contribution < 1.29 is 9.59 Å². The van der Waals surface area contributed by atoms with Crippen LogP contribution >= 0.6 is 11.8 Å². The molecule has 0 bridgehead atoms. The molecular weight excluding hydrogens is 234 g/mol. The van der Waals surface area contributed by atoms with Crippen molar-refractivity contribution in [2.45, 2.75) is 30.3 Å². The molecule has 1 aliphatic heterocycles. The van der Waals surface area contributed by atoms with E-state index in [1.54, 1.807) is 0 Å². The predicted octanol–water partition coefficient (Wildman–Crippen LogP) is 2.07. The quantitative estimate of drug-likeness (QED) is 0.816. The van der Waals surface area contributed by atoms with Crippen molar-refractivity contribution in [3.63, 3.8) is 0 Å². The third kappa shape index (κ3) is 1.97. The maximum atomic E-state index is 12.2. The van der Waals surface area contributed by atoms with Crippen LogP contribution in [-0.2, 0) is 14.3 Å². The van der Waals surface area contributed by atoms with Crippen LogP contribution < -0.4 is 5.32 Å². The normalized spacial score (nSPS) is 28.9. The van der Waals surface area contributed by atoms with E-state index in [4.69, 9.17) is 0 Å². The zero-order chi connectivity index (χ0) is 12.5. The number of hydrogen-bond acceptors (Lipinski definition) is 3. The highest BCUT2D eigenvalue weighted by molar-refractivity contribution is 8.02. The van der Waals surface area contributed by atoms with E-state index in [1.165, 1.54) is 11.8 Å². The average Bonchev–Trinajstić information content (AvgIpc) is 2.35. The fourth-order valence-electron chi connectivity index (χ4n) is 2.08. The number of rotatable bonds is 2. The number of thioether (sulfide) groups is 1. The molecule has 1 N–H and O–H groups in total. The van der Waals surface area contributed by atoms with E-state index in [2.05, 4.69) is 5.32 Å². The minimum absolute atomic E-state index is 0.194. The van der Waals surface area contributed by atoms with Crippen molar-refractivity contribution in [3.8, 4) is 0 Å². The first-order valence-corrected chi connectivity index (χ1v) is 6.57. The molecule has 2 amide bonds. The Morgan fingerprint density at radius 1 is 1.29 bits per heavy atom. The highest BCUT2D eigenvalue weighted by Crippen LogP contribution is 2.44. The minimum Gasteiger partial charge on any atom is -0.294 e. The highest BCUT2D eigenvalue weighted by atomic mass is 32.2. The number of hydrogen-bond donors (Lipinski definition) is 1. The van der Waals surface area contributed by atoms with Crippen LogP contribution in [-0.4, -0.2) is 17.1 Å². The molecule has 0 radical (unpaired) electrons. The molecule has 1 fully saturated rings. The number of carbonyl (C=O) groups excluding carboxylic acids is 2. The largest absolute Gasteiger partial charge is 0.294 e. The Kier molecular flexibility index (Phi) is 3.24. The molecule has 17 heavy (non-hydrogen) atoms. The van der Waals surface area contributed by atoms with Crippen molar-refractivity contribution in [2.75, 3.05) is 0 Å². The number of benzene rings is 1. The van der Waals surface area contributed by atoms with Crippen LogP contribution in [0.15, 0.2) is 30.3 Å². The molecule has 2 rings (SSSR count). The predicted molar refractivity (Wildman–Crippen MR) is 68.6 cm³/mol. The fourth-order valence-corrected chi connectivity index (χ4v) is 3.44. The lowest BCUT2D eigenvalue weighted by Crippen LogP contribution is -2.53. The van der Waals surface area contributed by atoms with Gasteiger partial charge in [-0.2, -0.15) is 0 Å². The summed E-state index contributed by atoms with van der Waals surface area (Å²) in [5.74, 6) is -0.390. The summed E-state index contributed by atoms with van der Waals surface area (Å²) in [6.45, 7) is 3.81. The molecule has 0 aliphatic carbocycles. The van der Waals surface area contributed by atoms with Gasteiger partial charge in [-0.3, -0.25) is 14.9 Å². The van der Waals surface area contributed by atoms with E-state index in [0.717, 1.165) is 5.56 Å². The van der Waals surface area contributed by atoms with Crippen LogP contribution in [0.4, 0.5) is 0 Å². The van der Waals surface area contributed by atoms with E-state index in [9.17, 15) is 9.59 Å². The summed E-state index contributed by atoms with van der Waals surface area (Å²) in [5, 5.41) is 2.27. The van der Waals surface area contributed by atoms with Gasteiger partial charge in [0, 0.05) is 0 Å². The maximum absolute atomic E-state index is 12.2. The SMILES string of the molecule is CCC1(c2ccccc2)SC(C)C(=O)NC1=O. The Bertz CT molecular complexity index is 446. The highest BCUT2D eigenvalue weighted by Gasteiger charge is 2.46. The standard InChI is InChI=1S/C13H15NO2S/c1-3-13(10-7-5-4-6-8-10)12(16)14-11(15)9(2)17-13/h4-9H,3H2,1-2H3,(H,14,15,16). The molecule has 2 unspecified atom stereocenters. The van der Waals surface area contributed by atoms with Crippen molar-refractivity contribution in [1.82, 2.24) is 5.32 Å². The van der Waals surface area contributed by atoms with Crippen LogP contribution in [0.25, 0.3) is 0 Å². The first kappa shape index (κ1) is 12.2.